The van der Waals surface area contributed by atoms with Crippen LogP contribution in [0.5, 0.6) is 0 Å². The Labute approximate surface area is 491 Å². The van der Waals surface area contributed by atoms with E-state index in [1.807, 2.05) is 48.5 Å². The van der Waals surface area contributed by atoms with Crippen molar-refractivity contribution in [1.29, 1.82) is 0 Å². The highest BCUT2D eigenvalue weighted by molar-refractivity contribution is 5.96. The molecule has 24 nitrogen and oxygen atoms in total. The van der Waals surface area contributed by atoms with E-state index in [1.54, 1.807) is 132 Å². The van der Waals surface area contributed by atoms with Crippen LogP contribution in [0.3, 0.4) is 0 Å². The molecule has 0 saturated heterocycles. The van der Waals surface area contributed by atoms with E-state index in [1.165, 1.54) is 11.8 Å². The van der Waals surface area contributed by atoms with Gasteiger partial charge in [-0.1, -0.05) is 90.0 Å². The van der Waals surface area contributed by atoms with Gasteiger partial charge in [0.15, 0.2) is 23.1 Å². The Bertz CT molecular complexity index is 2050. The summed E-state index contributed by atoms with van der Waals surface area (Å²) in [6.07, 6.45) is 0.639. The van der Waals surface area contributed by atoms with E-state index >= 15 is 0 Å². The maximum absolute atomic E-state index is 12.3. The number of rotatable bonds is 31. The van der Waals surface area contributed by atoms with Crippen LogP contribution in [0.4, 0.5) is 0 Å². The number of carbonyl (C=O) groups excluding carboxylic acids is 12. The van der Waals surface area contributed by atoms with Crippen molar-refractivity contribution in [1.82, 2.24) is 63.4 Å². The van der Waals surface area contributed by atoms with Crippen LogP contribution in [-0.2, 0) is 57.5 Å². The highest BCUT2D eigenvalue weighted by Crippen LogP contribution is 2.06. The van der Waals surface area contributed by atoms with Crippen molar-refractivity contribution in [3.05, 3.63) is 0 Å². The number of nitrogens with zero attached hydrogens (tertiary/aromatic N) is 1. The molecular formula is C58H112N12O12. The van der Waals surface area contributed by atoms with Gasteiger partial charge in [0.25, 0.3) is 0 Å². The van der Waals surface area contributed by atoms with E-state index in [9.17, 15) is 57.5 Å². The second kappa shape index (κ2) is 42.1. The lowest BCUT2D eigenvalue weighted by atomic mass is 10.0. The minimum absolute atomic E-state index is 0.0237. The van der Waals surface area contributed by atoms with Gasteiger partial charge in [0.2, 0.25) is 47.3 Å². The zero-order valence-electron chi connectivity index (χ0n) is 54.9. The third-order valence-electron chi connectivity index (χ3n) is 12.6. The first kappa shape index (κ1) is 82.7. The van der Waals surface area contributed by atoms with Gasteiger partial charge in [-0.05, 0) is 96.6 Å². The van der Waals surface area contributed by atoms with Crippen molar-refractivity contribution in [2.45, 2.75) is 270 Å². The van der Waals surface area contributed by atoms with E-state index < -0.39 is 48.3 Å². The summed E-state index contributed by atoms with van der Waals surface area (Å²) in [7, 11) is 3.26. The lowest BCUT2D eigenvalue weighted by Crippen LogP contribution is -2.54. The topological polar surface area (TPSA) is 340 Å². The van der Waals surface area contributed by atoms with Crippen LogP contribution in [0.25, 0.3) is 0 Å². The molecule has 0 saturated carbocycles. The zero-order valence-corrected chi connectivity index (χ0v) is 54.9. The van der Waals surface area contributed by atoms with E-state index in [-0.39, 0.29) is 130 Å². The molecule has 0 aromatic carbocycles. The zero-order chi connectivity index (χ0) is 65.4. The standard InChI is InChI=1S/2C16H31N3O3.2C13H25N3O3/c1-9(2)14(20)11(5)18-15(21)13(7)19(8)16(22)12(6)17-10(3)4;1-8-13(17-10(4)5)16(22)19-12(7)15(21)18-11(6)14(20)9(2)3;1-7(2)11(17)8(3)15-13(19)10(5)16-12(18)9(4)14-6;1-7(2)14-9(4)12(18)16-10(5)13(19)15-8(3)11(6)17/h9-13,17H,1-8H3,(H,18,21);9-13,17H,8H2,1-7H3,(H,18,21)(H,19,22);2*7-10,14H,1-6H3,(H,15,19)(H,16,18). The maximum Gasteiger partial charge on any atom is 0.243 e. The molecule has 0 aromatic heterocycles. The van der Waals surface area contributed by atoms with Crippen molar-refractivity contribution in [2.75, 3.05) is 14.1 Å². The van der Waals surface area contributed by atoms with Crippen molar-refractivity contribution in [2.24, 2.45) is 17.8 Å². The smallest absolute Gasteiger partial charge is 0.243 e. The lowest BCUT2D eigenvalue weighted by Gasteiger charge is -2.29. The van der Waals surface area contributed by atoms with E-state index in [0.717, 1.165) is 0 Å². The summed E-state index contributed by atoms with van der Waals surface area (Å²) in [6.45, 7) is 44.0. The number of Topliss-reactive ketones (excluding diaryl/α,β-unsaturated/α-hetero) is 4. The average molecular weight is 1170 g/mol. The van der Waals surface area contributed by atoms with Gasteiger partial charge in [0.1, 0.15) is 24.2 Å². The Balaban J connectivity index is -0.000000496. The van der Waals surface area contributed by atoms with Crippen LogP contribution < -0.4 is 58.5 Å². The van der Waals surface area contributed by atoms with Crippen LogP contribution in [-0.4, -0.2) is 180 Å². The maximum atomic E-state index is 12.3. The predicted molar refractivity (Wildman–Crippen MR) is 322 cm³/mol. The van der Waals surface area contributed by atoms with Gasteiger partial charge >= 0.3 is 0 Å². The highest BCUT2D eigenvalue weighted by atomic mass is 16.2. The fourth-order valence-electron chi connectivity index (χ4n) is 7.08. The van der Waals surface area contributed by atoms with Crippen LogP contribution >= 0.6 is 0 Å². The number of carbonyl (C=O) groups is 12. The number of hydrogen-bond acceptors (Lipinski definition) is 16. The minimum atomic E-state index is -0.682. The molecule has 0 aliphatic heterocycles. The van der Waals surface area contributed by atoms with Gasteiger partial charge in [-0.15, -0.1) is 0 Å². The van der Waals surface area contributed by atoms with E-state index in [4.69, 9.17) is 0 Å². The number of nitrogens with one attached hydrogen (secondary N) is 11. The number of amides is 8. The molecule has 0 aromatic rings. The quantitative estimate of drug-likeness (QED) is 0.0471. The first-order valence-corrected chi connectivity index (χ1v) is 28.9. The van der Waals surface area contributed by atoms with E-state index in [0.29, 0.717) is 6.42 Å². The molecule has 12 unspecified atom stereocenters. The molecule has 0 aliphatic carbocycles. The third-order valence-corrected chi connectivity index (χ3v) is 12.6. The van der Waals surface area contributed by atoms with Gasteiger partial charge in [-0.2, -0.15) is 0 Å². The molecule has 12 atom stereocenters. The molecule has 0 radical (unpaired) electrons. The minimum Gasteiger partial charge on any atom is -0.345 e. The monoisotopic (exact) mass is 1170 g/mol. The van der Waals surface area contributed by atoms with Crippen LogP contribution in [0.1, 0.15) is 180 Å². The normalized spacial score (nSPS) is 15.4. The SMILES string of the molecule is CC(=O)C(C)NC(=O)C(C)NC(=O)C(C)NC(C)C.CC(C)NC(C)C(=O)N(C)C(C)C(=O)NC(C)C(=O)C(C)C.CCC(NC(C)C)C(=O)NC(C)C(=O)NC(C)C(=O)C(C)C.CNC(C)C(=O)NC(C)C(=O)NC(C)C(=O)C(C)C. The van der Waals surface area contributed by atoms with Gasteiger partial charge < -0.3 is 63.4 Å². The highest BCUT2D eigenvalue weighted by Gasteiger charge is 2.30. The van der Waals surface area contributed by atoms with Crippen molar-refractivity contribution < 1.29 is 57.5 Å². The van der Waals surface area contributed by atoms with Gasteiger partial charge in [0, 0.05) is 42.9 Å². The second-order valence-corrected chi connectivity index (χ2v) is 22.9. The predicted octanol–water partition coefficient (Wildman–Crippen LogP) is 1.75. The summed E-state index contributed by atoms with van der Waals surface area (Å²) in [4.78, 5) is 143. The molecule has 0 heterocycles. The van der Waals surface area contributed by atoms with Crippen molar-refractivity contribution >= 4 is 70.4 Å². The number of likely N-dealkylation sites (N-methyl/N-ethyl adjacent to an activating group) is 2. The first-order chi connectivity index (χ1) is 37.4. The Morgan fingerprint density at radius 2 is 0.598 bits per heavy atom. The summed E-state index contributed by atoms with van der Waals surface area (Å²) in [5.74, 6) is -2.89. The van der Waals surface area contributed by atoms with Crippen LogP contribution in [0.2, 0.25) is 0 Å². The Morgan fingerprint density at radius 3 is 0.890 bits per heavy atom. The molecule has 476 valence electrons. The molecular weight excluding hydrogens is 1060 g/mol. The molecule has 0 bridgehead atoms. The van der Waals surface area contributed by atoms with Crippen molar-refractivity contribution in [3.8, 4) is 0 Å². The molecule has 0 spiro atoms. The van der Waals surface area contributed by atoms with Gasteiger partial charge in [-0.25, -0.2) is 0 Å². The lowest BCUT2D eigenvalue weighted by molar-refractivity contribution is -0.140. The molecule has 82 heavy (non-hydrogen) atoms. The third kappa shape index (κ3) is 35.3. The largest absolute Gasteiger partial charge is 0.345 e. The molecule has 8 amide bonds. The fraction of sp³-hybridized carbons (Fsp3) is 0.793. The summed E-state index contributed by atoms with van der Waals surface area (Å²) in [6, 6.07) is -5.75. The Morgan fingerprint density at radius 1 is 0.329 bits per heavy atom. The summed E-state index contributed by atoms with van der Waals surface area (Å²) in [5.41, 5.74) is 0. The molecule has 0 fully saturated rings. The summed E-state index contributed by atoms with van der Waals surface area (Å²) in [5, 5.41) is 30.4. The van der Waals surface area contributed by atoms with Crippen LogP contribution in [0.15, 0.2) is 0 Å². The fourth-order valence-corrected chi connectivity index (χ4v) is 7.08. The first-order valence-electron chi connectivity index (χ1n) is 28.9. The Hall–Kier alpha value is -5.72. The van der Waals surface area contributed by atoms with Crippen LogP contribution in [0, 0.1) is 17.8 Å². The molecule has 0 rings (SSSR count). The summed E-state index contributed by atoms with van der Waals surface area (Å²) < 4.78 is 0. The Kier molecular flexibility index (Phi) is 42.5. The molecule has 24 heteroatoms. The van der Waals surface area contributed by atoms with Gasteiger partial charge in [-0.3, -0.25) is 57.5 Å². The average Bonchev–Trinajstić information content (AvgIpc) is 3.37. The van der Waals surface area contributed by atoms with Crippen molar-refractivity contribution in [3.63, 3.8) is 0 Å². The number of hydrogen-bond donors (Lipinski definition) is 11. The molecule has 11 N–H and O–H groups in total. The number of ketones is 4. The second-order valence-electron chi connectivity index (χ2n) is 22.9. The van der Waals surface area contributed by atoms with Gasteiger partial charge in [0.05, 0.1) is 48.3 Å². The van der Waals surface area contributed by atoms with E-state index in [2.05, 4.69) is 58.5 Å². The molecule has 0 aliphatic rings. The summed E-state index contributed by atoms with van der Waals surface area (Å²) >= 11 is 0.